The van der Waals surface area contributed by atoms with Crippen molar-refractivity contribution in [3.05, 3.63) is 21.9 Å². The van der Waals surface area contributed by atoms with Crippen LogP contribution in [0.3, 0.4) is 0 Å². The molecule has 0 spiro atoms. The number of hydrogen-bond donors (Lipinski definition) is 1. The maximum atomic E-state index is 6.10. The molecule has 88 valence electrons. The molecule has 1 fully saturated rings. The van der Waals surface area contributed by atoms with E-state index in [2.05, 4.69) is 17.2 Å². The quantitative estimate of drug-likeness (QED) is 0.827. The summed E-state index contributed by atoms with van der Waals surface area (Å²) >= 11 is 13.9. The maximum absolute atomic E-state index is 6.10. The number of anilines is 1. The summed E-state index contributed by atoms with van der Waals surface area (Å²) in [4.78, 5) is 4.06. The van der Waals surface area contributed by atoms with E-state index in [-0.39, 0.29) is 0 Å². The van der Waals surface area contributed by atoms with Gasteiger partial charge in [-0.25, -0.2) is 4.98 Å². The van der Waals surface area contributed by atoms with E-state index >= 15 is 0 Å². The second-order valence-corrected chi connectivity index (χ2v) is 6.27. The van der Waals surface area contributed by atoms with Crippen LogP contribution >= 0.6 is 35.0 Å². The van der Waals surface area contributed by atoms with Gasteiger partial charge in [-0.05, 0) is 30.7 Å². The second-order valence-electron chi connectivity index (χ2n) is 4.04. The SMILES string of the molecule is Cc1cc(Cl)nc(Cl)c1NC1CCSC1C. The molecule has 0 saturated carbocycles. The lowest BCUT2D eigenvalue weighted by atomic mass is 10.1. The van der Waals surface area contributed by atoms with Gasteiger partial charge in [-0.15, -0.1) is 0 Å². The zero-order valence-electron chi connectivity index (χ0n) is 9.26. The highest BCUT2D eigenvalue weighted by atomic mass is 35.5. The molecule has 0 bridgehead atoms. The van der Waals surface area contributed by atoms with E-state index in [0.29, 0.717) is 21.6 Å². The molecular formula is C11H14Cl2N2S. The summed E-state index contributed by atoms with van der Waals surface area (Å²) in [5, 5.41) is 5.01. The van der Waals surface area contributed by atoms with Crippen LogP contribution in [0, 0.1) is 6.92 Å². The van der Waals surface area contributed by atoms with Crippen molar-refractivity contribution in [1.82, 2.24) is 4.98 Å². The van der Waals surface area contributed by atoms with E-state index in [4.69, 9.17) is 23.2 Å². The molecule has 2 rings (SSSR count). The minimum atomic E-state index is 0.446. The molecule has 0 amide bonds. The van der Waals surface area contributed by atoms with Crippen LogP contribution in [0.2, 0.25) is 10.3 Å². The van der Waals surface area contributed by atoms with Gasteiger partial charge in [0, 0.05) is 11.3 Å². The van der Waals surface area contributed by atoms with Crippen molar-refractivity contribution >= 4 is 40.7 Å². The molecule has 1 aliphatic rings. The highest BCUT2D eigenvalue weighted by molar-refractivity contribution is 8.00. The van der Waals surface area contributed by atoms with Crippen LogP contribution in [0.4, 0.5) is 5.69 Å². The first-order chi connectivity index (χ1) is 7.58. The molecule has 0 radical (unpaired) electrons. The van der Waals surface area contributed by atoms with Gasteiger partial charge in [0.15, 0.2) is 5.15 Å². The number of nitrogens with zero attached hydrogens (tertiary/aromatic N) is 1. The van der Waals surface area contributed by atoms with Gasteiger partial charge in [0.05, 0.1) is 5.69 Å². The third-order valence-electron chi connectivity index (χ3n) is 2.85. The van der Waals surface area contributed by atoms with Crippen LogP contribution in [0.25, 0.3) is 0 Å². The lowest BCUT2D eigenvalue weighted by Gasteiger charge is -2.20. The zero-order chi connectivity index (χ0) is 11.7. The first-order valence-electron chi connectivity index (χ1n) is 5.28. The Morgan fingerprint density at radius 1 is 1.50 bits per heavy atom. The summed E-state index contributed by atoms with van der Waals surface area (Å²) in [5.74, 6) is 1.20. The van der Waals surface area contributed by atoms with E-state index in [9.17, 15) is 0 Å². The molecule has 1 aromatic heterocycles. The predicted molar refractivity (Wildman–Crippen MR) is 72.9 cm³/mol. The lowest BCUT2D eigenvalue weighted by Crippen LogP contribution is -2.25. The van der Waals surface area contributed by atoms with Gasteiger partial charge >= 0.3 is 0 Å². The van der Waals surface area contributed by atoms with Gasteiger partial charge in [-0.3, -0.25) is 0 Å². The maximum Gasteiger partial charge on any atom is 0.154 e. The van der Waals surface area contributed by atoms with Crippen LogP contribution in [0.15, 0.2) is 6.07 Å². The normalized spacial score (nSPS) is 24.8. The lowest BCUT2D eigenvalue weighted by molar-refractivity contribution is 0.723. The summed E-state index contributed by atoms with van der Waals surface area (Å²) in [6.45, 7) is 4.23. The van der Waals surface area contributed by atoms with Gasteiger partial charge in [0.2, 0.25) is 0 Å². The summed E-state index contributed by atoms with van der Waals surface area (Å²) in [5.41, 5.74) is 1.97. The van der Waals surface area contributed by atoms with E-state index in [0.717, 1.165) is 11.3 Å². The minimum absolute atomic E-state index is 0.446. The van der Waals surface area contributed by atoms with Crippen LogP contribution in [0.5, 0.6) is 0 Å². The second kappa shape index (κ2) is 5.03. The van der Waals surface area contributed by atoms with E-state index in [1.165, 1.54) is 12.2 Å². The molecule has 2 nitrogen and oxygen atoms in total. The molecule has 1 N–H and O–H groups in total. The highest BCUT2D eigenvalue weighted by Gasteiger charge is 2.25. The number of hydrogen-bond acceptors (Lipinski definition) is 3. The Bertz CT molecular complexity index is 375. The number of halogens is 2. The topological polar surface area (TPSA) is 24.9 Å². The van der Waals surface area contributed by atoms with Gasteiger partial charge in [-0.1, -0.05) is 30.1 Å². The molecule has 0 aliphatic carbocycles. The van der Waals surface area contributed by atoms with Crippen LogP contribution in [0.1, 0.15) is 18.9 Å². The first-order valence-corrected chi connectivity index (χ1v) is 7.09. The molecule has 1 aromatic rings. The standard InChI is InChI=1S/C11H14Cl2N2S/c1-6-5-9(12)15-11(13)10(6)14-8-3-4-16-7(8)2/h5,7-8,14H,3-4H2,1-2H3. The minimum Gasteiger partial charge on any atom is -0.378 e. The van der Waals surface area contributed by atoms with Gasteiger partial charge < -0.3 is 5.32 Å². The van der Waals surface area contributed by atoms with Crippen molar-refractivity contribution in [2.75, 3.05) is 11.1 Å². The Morgan fingerprint density at radius 3 is 2.81 bits per heavy atom. The number of pyridine rings is 1. The Morgan fingerprint density at radius 2 is 2.25 bits per heavy atom. The predicted octanol–water partition coefficient (Wildman–Crippen LogP) is 4.00. The van der Waals surface area contributed by atoms with Crippen molar-refractivity contribution in [1.29, 1.82) is 0 Å². The third-order valence-corrected chi connectivity index (χ3v) is 4.64. The molecule has 2 heterocycles. The number of rotatable bonds is 2. The molecule has 1 aliphatic heterocycles. The summed E-state index contributed by atoms with van der Waals surface area (Å²) in [6.07, 6.45) is 1.17. The van der Waals surface area contributed by atoms with Crippen LogP contribution in [-0.2, 0) is 0 Å². The monoisotopic (exact) mass is 276 g/mol. The molecule has 0 aromatic carbocycles. The molecule has 2 atom stereocenters. The van der Waals surface area contributed by atoms with Crippen molar-refractivity contribution in [2.24, 2.45) is 0 Å². The van der Waals surface area contributed by atoms with Gasteiger partial charge in [-0.2, -0.15) is 11.8 Å². The fraction of sp³-hybridized carbons (Fsp3) is 0.545. The van der Waals surface area contributed by atoms with Crippen molar-refractivity contribution < 1.29 is 0 Å². The number of aromatic nitrogens is 1. The average molecular weight is 277 g/mol. The fourth-order valence-electron chi connectivity index (χ4n) is 1.88. The third kappa shape index (κ3) is 2.58. The fourth-order valence-corrected chi connectivity index (χ4v) is 3.66. The number of thioether (sulfide) groups is 1. The smallest absolute Gasteiger partial charge is 0.154 e. The molecule has 2 unspecified atom stereocenters. The Balaban J connectivity index is 2.21. The van der Waals surface area contributed by atoms with E-state index in [1.807, 2.05) is 24.8 Å². The largest absolute Gasteiger partial charge is 0.378 e. The highest BCUT2D eigenvalue weighted by Crippen LogP contribution is 2.33. The van der Waals surface area contributed by atoms with Gasteiger partial charge in [0.25, 0.3) is 0 Å². The van der Waals surface area contributed by atoms with Crippen molar-refractivity contribution in [3.63, 3.8) is 0 Å². The molecule has 5 heteroatoms. The summed E-state index contributed by atoms with van der Waals surface area (Å²) in [7, 11) is 0. The molecule has 1 saturated heterocycles. The van der Waals surface area contributed by atoms with Gasteiger partial charge in [0.1, 0.15) is 5.15 Å². The summed E-state index contributed by atoms with van der Waals surface area (Å²) < 4.78 is 0. The van der Waals surface area contributed by atoms with Crippen molar-refractivity contribution in [2.45, 2.75) is 31.6 Å². The van der Waals surface area contributed by atoms with E-state index < -0.39 is 0 Å². The Kier molecular flexibility index (Phi) is 3.88. The first kappa shape index (κ1) is 12.3. The van der Waals surface area contributed by atoms with Crippen molar-refractivity contribution in [3.8, 4) is 0 Å². The average Bonchev–Trinajstić information content (AvgIpc) is 2.57. The Labute approximate surface area is 110 Å². The Hall–Kier alpha value is -0.120. The zero-order valence-corrected chi connectivity index (χ0v) is 11.6. The summed E-state index contributed by atoms with van der Waals surface area (Å²) in [6, 6.07) is 2.31. The number of aryl methyl sites for hydroxylation is 1. The number of nitrogens with one attached hydrogen (secondary N) is 1. The molecule has 16 heavy (non-hydrogen) atoms. The van der Waals surface area contributed by atoms with E-state index in [1.54, 1.807) is 0 Å². The molecular weight excluding hydrogens is 263 g/mol. The van der Waals surface area contributed by atoms with Crippen LogP contribution in [-0.4, -0.2) is 22.0 Å². The van der Waals surface area contributed by atoms with Crippen LogP contribution < -0.4 is 5.32 Å².